The second-order valence-electron chi connectivity index (χ2n) is 4.14. The second-order valence-corrected chi connectivity index (χ2v) is 4.14. The smallest absolute Gasteiger partial charge is 0.354 e. The summed E-state index contributed by atoms with van der Waals surface area (Å²) >= 11 is 0. The summed E-state index contributed by atoms with van der Waals surface area (Å²) in [5, 5.41) is 12.4. The van der Waals surface area contributed by atoms with Crippen LogP contribution < -0.4 is 5.32 Å². The van der Waals surface area contributed by atoms with E-state index < -0.39 is 5.97 Å². The van der Waals surface area contributed by atoms with Crippen molar-refractivity contribution in [2.24, 2.45) is 0 Å². The van der Waals surface area contributed by atoms with Crippen molar-refractivity contribution >= 4 is 5.97 Å². The highest BCUT2D eigenvalue weighted by Crippen LogP contribution is 2.20. The van der Waals surface area contributed by atoms with Crippen LogP contribution in [0.5, 0.6) is 0 Å². The molecule has 0 aromatic carbocycles. The van der Waals surface area contributed by atoms with Crippen LogP contribution in [0.25, 0.3) is 11.5 Å². The number of aromatic carboxylic acids is 1. The summed E-state index contributed by atoms with van der Waals surface area (Å²) in [7, 11) is 0. The van der Waals surface area contributed by atoms with E-state index >= 15 is 0 Å². The molecule has 1 aliphatic heterocycles. The summed E-state index contributed by atoms with van der Waals surface area (Å²) in [5.41, 5.74) is 2.35. The Morgan fingerprint density at radius 3 is 3.00 bits per heavy atom. The van der Waals surface area contributed by atoms with Crippen LogP contribution in [0.1, 0.15) is 21.7 Å². The lowest BCUT2D eigenvalue weighted by Crippen LogP contribution is -2.28. The van der Waals surface area contributed by atoms with Crippen LogP contribution >= 0.6 is 0 Å². The molecule has 0 atom stereocenters. The summed E-state index contributed by atoms with van der Waals surface area (Å²) < 4.78 is 0. The predicted octanol–water partition coefficient (Wildman–Crippen LogP) is 0.816. The summed E-state index contributed by atoms with van der Waals surface area (Å²) in [6.07, 6.45) is 2.49. The van der Waals surface area contributed by atoms with E-state index in [-0.39, 0.29) is 5.69 Å². The van der Waals surface area contributed by atoms with Gasteiger partial charge in [-0.1, -0.05) is 0 Å². The highest BCUT2D eigenvalue weighted by Gasteiger charge is 2.22. The van der Waals surface area contributed by atoms with E-state index in [1.807, 2.05) is 12.1 Å². The van der Waals surface area contributed by atoms with Gasteiger partial charge in [0, 0.05) is 31.3 Å². The van der Waals surface area contributed by atoms with Crippen molar-refractivity contribution in [2.45, 2.75) is 13.0 Å². The Hall–Kier alpha value is -2.21. The fraction of sp³-hybridized carbons (Fsp3) is 0.250. The van der Waals surface area contributed by atoms with Crippen molar-refractivity contribution in [1.29, 1.82) is 0 Å². The molecule has 0 spiro atoms. The van der Waals surface area contributed by atoms with Crippen LogP contribution in [0.4, 0.5) is 0 Å². The molecule has 0 saturated heterocycles. The monoisotopic (exact) mass is 244 g/mol. The Morgan fingerprint density at radius 1 is 1.39 bits per heavy atom. The van der Waals surface area contributed by atoms with Gasteiger partial charge in [-0.05, 0) is 12.1 Å². The molecule has 3 N–H and O–H groups in total. The quantitative estimate of drug-likeness (QED) is 0.727. The highest BCUT2D eigenvalue weighted by molar-refractivity contribution is 5.88. The molecule has 6 heteroatoms. The Kier molecular flexibility index (Phi) is 2.56. The third-order valence-electron chi connectivity index (χ3n) is 2.97. The molecule has 0 unspecified atom stereocenters. The van der Waals surface area contributed by atoms with E-state index in [0.717, 1.165) is 24.4 Å². The van der Waals surface area contributed by atoms with Gasteiger partial charge in [0.2, 0.25) is 0 Å². The highest BCUT2D eigenvalue weighted by atomic mass is 16.4. The van der Waals surface area contributed by atoms with Crippen LogP contribution in [-0.2, 0) is 13.0 Å². The van der Waals surface area contributed by atoms with Crippen LogP contribution in [-0.4, -0.2) is 32.6 Å². The van der Waals surface area contributed by atoms with Gasteiger partial charge in [0.25, 0.3) is 0 Å². The number of hydrogen-bond acceptors (Lipinski definition) is 4. The summed E-state index contributed by atoms with van der Waals surface area (Å²) in [6.45, 7) is 1.33. The summed E-state index contributed by atoms with van der Waals surface area (Å²) in [5.74, 6) is -0.566. The molecule has 0 saturated carbocycles. The van der Waals surface area contributed by atoms with Crippen LogP contribution in [0, 0.1) is 0 Å². The van der Waals surface area contributed by atoms with E-state index in [2.05, 4.69) is 20.3 Å². The lowest BCUT2D eigenvalue weighted by Gasteiger charge is -2.18. The first-order valence-electron chi connectivity index (χ1n) is 5.73. The molecule has 6 nitrogen and oxygen atoms in total. The Morgan fingerprint density at radius 2 is 2.28 bits per heavy atom. The number of nitrogens with zero attached hydrogens (tertiary/aromatic N) is 2. The maximum atomic E-state index is 11.3. The molecule has 2 aromatic heterocycles. The third-order valence-corrected chi connectivity index (χ3v) is 2.97. The Bertz CT molecular complexity index is 592. The van der Waals surface area contributed by atoms with Gasteiger partial charge in [-0.3, -0.25) is 0 Å². The van der Waals surface area contributed by atoms with Gasteiger partial charge < -0.3 is 15.4 Å². The van der Waals surface area contributed by atoms with E-state index in [1.54, 1.807) is 6.20 Å². The molecule has 1 aliphatic rings. The minimum absolute atomic E-state index is 0.0943. The molecule has 0 fully saturated rings. The SMILES string of the molecule is O=C(O)c1nc(-c2ccc[nH]2)nc2c1CNCC2. The summed E-state index contributed by atoms with van der Waals surface area (Å²) in [6, 6.07) is 3.66. The fourth-order valence-electron chi connectivity index (χ4n) is 2.11. The van der Waals surface area contributed by atoms with E-state index in [4.69, 9.17) is 0 Å². The topological polar surface area (TPSA) is 90.9 Å². The zero-order valence-electron chi connectivity index (χ0n) is 9.60. The zero-order chi connectivity index (χ0) is 12.5. The number of carboxylic acids is 1. The van der Waals surface area contributed by atoms with Crippen molar-refractivity contribution in [2.75, 3.05) is 6.54 Å². The zero-order valence-corrected chi connectivity index (χ0v) is 9.60. The standard InChI is InChI=1S/C12H12N4O2/c17-12(18)10-7-6-13-5-3-8(7)15-11(16-10)9-2-1-4-14-9/h1-2,4,13-14H,3,5-6H2,(H,17,18). The molecule has 0 aliphatic carbocycles. The first-order valence-corrected chi connectivity index (χ1v) is 5.73. The maximum absolute atomic E-state index is 11.3. The molecule has 0 amide bonds. The number of hydrogen-bond donors (Lipinski definition) is 3. The number of H-pyrrole nitrogens is 1. The van der Waals surface area contributed by atoms with Gasteiger partial charge in [-0.15, -0.1) is 0 Å². The van der Waals surface area contributed by atoms with Crippen LogP contribution in [0.3, 0.4) is 0 Å². The van der Waals surface area contributed by atoms with Gasteiger partial charge in [-0.2, -0.15) is 0 Å². The number of carboxylic acid groups (broad SMARTS) is 1. The molecule has 92 valence electrons. The Labute approximate surface area is 103 Å². The van der Waals surface area contributed by atoms with E-state index in [0.29, 0.717) is 17.9 Å². The van der Waals surface area contributed by atoms with Gasteiger partial charge in [-0.25, -0.2) is 14.8 Å². The van der Waals surface area contributed by atoms with Crippen molar-refractivity contribution in [3.8, 4) is 11.5 Å². The molecular formula is C12H12N4O2. The van der Waals surface area contributed by atoms with E-state index in [1.165, 1.54) is 0 Å². The average Bonchev–Trinajstić information content (AvgIpc) is 2.91. The van der Waals surface area contributed by atoms with Crippen molar-refractivity contribution in [1.82, 2.24) is 20.3 Å². The van der Waals surface area contributed by atoms with Gasteiger partial charge in [0.15, 0.2) is 11.5 Å². The molecular weight excluding hydrogens is 232 g/mol. The number of rotatable bonds is 2. The van der Waals surface area contributed by atoms with Gasteiger partial charge >= 0.3 is 5.97 Å². The Balaban J connectivity index is 2.18. The molecule has 2 aromatic rings. The fourth-order valence-corrected chi connectivity index (χ4v) is 2.11. The van der Waals surface area contributed by atoms with E-state index in [9.17, 15) is 9.90 Å². The molecule has 0 bridgehead atoms. The number of carbonyl (C=O) groups is 1. The van der Waals surface area contributed by atoms with Crippen molar-refractivity contribution in [3.63, 3.8) is 0 Å². The lowest BCUT2D eigenvalue weighted by atomic mass is 10.0. The maximum Gasteiger partial charge on any atom is 0.354 e. The minimum Gasteiger partial charge on any atom is -0.476 e. The largest absolute Gasteiger partial charge is 0.476 e. The van der Waals surface area contributed by atoms with Crippen molar-refractivity contribution < 1.29 is 9.90 Å². The number of nitrogens with one attached hydrogen (secondary N) is 2. The van der Waals surface area contributed by atoms with Gasteiger partial charge in [0.1, 0.15) is 0 Å². The normalized spacial score (nSPS) is 14.2. The predicted molar refractivity (Wildman–Crippen MR) is 64.2 cm³/mol. The molecule has 0 radical (unpaired) electrons. The average molecular weight is 244 g/mol. The number of aromatic amines is 1. The minimum atomic E-state index is -1.01. The van der Waals surface area contributed by atoms with Crippen LogP contribution in [0.2, 0.25) is 0 Å². The second kappa shape index (κ2) is 4.23. The lowest BCUT2D eigenvalue weighted by molar-refractivity contribution is 0.0688. The molecule has 18 heavy (non-hydrogen) atoms. The van der Waals surface area contributed by atoms with Crippen molar-refractivity contribution in [3.05, 3.63) is 35.3 Å². The molecule has 3 rings (SSSR count). The first-order chi connectivity index (χ1) is 8.75. The number of fused-ring (bicyclic) bond motifs is 1. The molecule has 3 heterocycles. The number of aromatic nitrogens is 3. The summed E-state index contributed by atoms with van der Waals surface area (Å²) in [4.78, 5) is 22.9. The first kappa shape index (κ1) is 10.9. The van der Waals surface area contributed by atoms with Gasteiger partial charge in [0.05, 0.1) is 11.4 Å². The van der Waals surface area contributed by atoms with Crippen LogP contribution in [0.15, 0.2) is 18.3 Å². The third kappa shape index (κ3) is 1.76.